The van der Waals surface area contributed by atoms with Crippen LogP contribution in [0.15, 0.2) is 84.9 Å². The van der Waals surface area contributed by atoms with Gasteiger partial charge in [0.15, 0.2) is 31.9 Å². The Morgan fingerprint density at radius 1 is 0.600 bits per heavy atom. The lowest BCUT2D eigenvalue weighted by Gasteiger charge is -2.38. The standard InChI is InChI=1S/C39H50O10Si/c1-39(2,3)50(7,8)49-37-31(36(40)35-33(47-26-42-5)21-30(46-25-41-4)22-34(35)48-27-43-6)19-20-32(44-23-28-15-11-9-12-16-28)38(37)45-24-29-17-13-10-14-18-29/h9-22,36,40H,23-27H2,1-8H3. The molecule has 0 heterocycles. The second kappa shape index (κ2) is 18.1. The molecule has 11 heteroatoms. The van der Waals surface area contributed by atoms with Crippen LogP contribution in [0.2, 0.25) is 18.1 Å². The van der Waals surface area contributed by atoms with E-state index in [0.29, 0.717) is 40.7 Å². The maximum absolute atomic E-state index is 12.4. The number of rotatable bonds is 19. The fraction of sp³-hybridized carbons (Fsp3) is 0.385. The SMILES string of the molecule is COCOc1cc(OCOC)c(C(O)c2ccc(OCc3ccccc3)c(OCc3ccccc3)c2O[Si](C)(C)C(C)(C)C)c(OCOC)c1. The zero-order valence-corrected chi connectivity index (χ0v) is 31.3. The molecule has 1 unspecified atom stereocenters. The number of aliphatic hydroxyl groups excluding tert-OH is 1. The molecule has 0 aromatic heterocycles. The van der Waals surface area contributed by atoms with Crippen LogP contribution in [0.1, 0.15) is 49.1 Å². The van der Waals surface area contributed by atoms with Gasteiger partial charge in [-0.25, -0.2) is 0 Å². The van der Waals surface area contributed by atoms with E-state index in [1.807, 2.05) is 60.7 Å². The molecule has 270 valence electrons. The maximum Gasteiger partial charge on any atom is 0.250 e. The molecule has 50 heavy (non-hydrogen) atoms. The van der Waals surface area contributed by atoms with Crippen molar-refractivity contribution < 1.29 is 47.4 Å². The summed E-state index contributed by atoms with van der Waals surface area (Å²) in [5.41, 5.74) is 2.70. The average molecular weight is 707 g/mol. The van der Waals surface area contributed by atoms with Crippen molar-refractivity contribution in [1.29, 1.82) is 0 Å². The number of hydrogen-bond acceptors (Lipinski definition) is 10. The van der Waals surface area contributed by atoms with Crippen LogP contribution in [0.4, 0.5) is 0 Å². The number of benzene rings is 4. The summed E-state index contributed by atoms with van der Waals surface area (Å²) in [5, 5.41) is 12.3. The minimum atomic E-state index is -2.55. The zero-order chi connectivity index (χ0) is 36.1. The first kappa shape index (κ1) is 38.5. The van der Waals surface area contributed by atoms with Crippen molar-refractivity contribution >= 4 is 8.32 Å². The Balaban J connectivity index is 1.94. The van der Waals surface area contributed by atoms with Crippen LogP contribution >= 0.6 is 0 Å². The molecule has 0 aliphatic heterocycles. The molecule has 0 saturated carbocycles. The molecule has 0 bridgehead atoms. The fourth-order valence-corrected chi connectivity index (χ4v) is 5.73. The Kier molecular flexibility index (Phi) is 14.0. The highest BCUT2D eigenvalue weighted by Gasteiger charge is 2.41. The Labute approximate surface area is 296 Å². The summed E-state index contributed by atoms with van der Waals surface area (Å²) in [6.45, 7) is 11.1. The zero-order valence-electron chi connectivity index (χ0n) is 30.3. The van der Waals surface area contributed by atoms with Crippen molar-refractivity contribution in [2.24, 2.45) is 0 Å². The van der Waals surface area contributed by atoms with E-state index in [1.165, 1.54) is 21.3 Å². The third-order valence-electron chi connectivity index (χ3n) is 8.39. The first-order valence-corrected chi connectivity index (χ1v) is 19.3. The second-order valence-corrected chi connectivity index (χ2v) is 17.8. The first-order chi connectivity index (χ1) is 24.0. The predicted octanol–water partition coefficient (Wildman–Crippen LogP) is 8.26. The van der Waals surface area contributed by atoms with Crippen LogP contribution in [0.3, 0.4) is 0 Å². The molecule has 0 aliphatic carbocycles. The third kappa shape index (κ3) is 10.1. The van der Waals surface area contributed by atoms with Crippen LogP contribution in [0.5, 0.6) is 34.5 Å². The molecular formula is C39H50O10Si. The van der Waals surface area contributed by atoms with Gasteiger partial charge in [-0.15, -0.1) is 0 Å². The normalized spacial score (nSPS) is 12.3. The van der Waals surface area contributed by atoms with Crippen LogP contribution < -0.4 is 28.1 Å². The number of methoxy groups -OCH3 is 3. The summed E-state index contributed by atoms with van der Waals surface area (Å²) in [7, 11) is 2.00. The second-order valence-electron chi connectivity index (χ2n) is 13.1. The Morgan fingerprint density at radius 3 is 1.60 bits per heavy atom. The molecule has 0 amide bonds. The number of ether oxygens (including phenoxy) is 8. The van der Waals surface area contributed by atoms with E-state index >= 15 is 0 Å². The summed E-state index contributed by atoms with van der Waals surface area (Å²) in [6.07, 6.45) is -1.33. The molecule has 0 spiro atoms. The molecule has 4 rings (SSSR count). The molecule has 10 nitrogen and oxygen atoms in total. The van der Waals surface area contributed by atoms with Gasteiger partial charge in [0, 0.05) is 39.0 Å². The number of hydrogen-bond donors (Lipinski definition) is 1. The van der Waals surface area contributed by atoms with Gasteiger partial charge in [0.05, 0.1) is 5.56 Å². The van der Waals surface area contributed by atoms with Crippen LogP contribution in [0.25, 0.3) is 0 Å². The van der Waals surface area contributed by atoms with Gasteiger partial charge in [-0.3, -0.25) is 0 Å². The van der Waals surface area contributed by atoms with Gasteiger partial charge in [-0.2, -0.15) is 0 Å². The molecule has 0 aliphatic rings. The van der Waals surface area contributed by atoms with Crippen LogP contribution in [-0.4, -0.2) is 55.1 Å². The fourth-order valence-electron chi connectivity index (χ4n) is 4.70. The average Bonchev–Trinajstić information content (AvgIpc) is 3.10. The van der Waals surface area contributed by atoms with Crippen molar-refractivity contribution in [2.45, 2.75) is 58.2 Å². The van der Waals surface area contributed by atoms with Crippen LogP contribution in [0, 0.1) is 0 Å². The largest absolute Gasteiger partial charge is 0.541 e. The molecule has 1 N–H and O–H groups in total. The Morgan fingerprint density at radius 2 is 1.10 bits per heavy atom. The maximum atomic E-state index is 12.4. The first-order valence-electron chi connectivity index (χ1n) is 16.4. The van der Waals surface area contributed by atoms with Gasteiger partial charge in [-0.05, 0) is 41.4 Å². The van der Waals surface area contributed by atoms with Gasteiger partial charge < -0.3 is 47.4 Å². The highest BCUT2D eigenvalue weighted by molar-refractivity contribution is 6.74. The molecule has 4 aromatic rings. The minimum Gasteiger partial charge on any atom is -0.541 e. The Bertz CT molecular complexity index is 1590. The lowest BCUT2D eigenvalue weighted by Crippen LogP contribution is -2.44. The van der Waals surface area contributed by atoms with E-state index in [-0.39, 0.29) is 43.5 Å². The topological polar surface area (TPSA) is 103 Å². The lowest BCUT2D eigenvalue weighted by atomic mass is 9.97. The molecule has 0 fully saturated rings. The van der Waals surface area contributed by atoms with Crippen molar-refractivity contribution in [3.05, 3.63) is 107 Å². The highest BCUT2D eigenvalue weighted by Crippen LogP contribution is 2.51. The van der Waals surface area contributed by atoms with Gasteiger partial charge in [0.1, 0.15) is 36.6 Å². The summed E-state index contributed by atoms with van der Waals surface area (Å²) < 4.78 is 53.4. The lowest BCUT2D eigenvalue weighted by molar-refractivity contribution is 0.0374. The summed E-state index contributed by atoms with van der Waals surface area (Å²) >= 11 is 0. The van der Waals surface area contributed by atoms with E-state index in [9.17, 15) is 5.11 Å². The van der Waals surface area contributed by atoms with Crippen molar-refractivity contribution in [2.75, 3.05) is 41.7 Å². The van der Waals surface area contributed by atoms with Gasteiger partial charge in [0.25, 0.3) is 8.32 Å². The Hall–Kier alpha value is -4.26. The van der Waals surface area contributed by atoms with Gasteiger partial charge in [-0.1, -0.05) is 81.4 Å². The smallest absolute Gasteiger partial charge is 0.250 e. The summed E-state index contributed by atoms with van der Waals surface area (Å²) in [5.74, 6) is 2.17. The van der Waals surface area contributed by atoms with Crippen LogP contribution in [-0.2, 0) is 27.4 Å². The van der Waals surface area contributed by atoms with E-state index in [4.69, 9.17) is 42.3 Å². The molecule has 1 atom stereocenters. The van der Waals surface area contributed by atoms with Gasteiger partial charge >= 0.3 is 0 Å². The molecule has 0 radical (unpaired) electrons. The molecule has 4 aromatic carbocycles. The highest BCUT2D eigenvalue weighted by atomic mass is 28.4. The monoisotopic (exact) mass is 706 g/mol. The summed E-state index contributed by atoms with van der Waals surface area (Å²) in [4.78, 5) is 0. The van der Waals surface area contributed by atoms with E-state index in [2.05, 4.69) is 33.9 Å². The van der Waals surface area contributed by atoms with Crippen molar-refractivity contribution in [1.82, 2.24) is 0 Å². The predicted molar refractivity (Wildman–Crippen MR) is 194 cm³/mol. The van der Waals surface area contributed by atoms with Gasteiger partial charge in [0.2, 0.25) is 5.75 Å². The van der Waals surface area contributed by atoms with E-state index in [1.54, 1.807) is 24.3 Å². The number of aliphatic hydroxyl groups is 1. The van der Waals surface area contributed by atoms with Crippen molar-refractivity contribution in [3.63, 3.8) is 0 Å². The quantitative estimate of drug-likeness (QED) is 0.0757. The van der Waals surface area contributed by atoms with Crippen molar-refractivity contribution in [3.8, 4) is 34.5 Å². The third-order valence-corrected chi connectivity index (χ3v) is 12.7. The summed E-state index contributed by atoms with van der Waals surface area (Å²) in [6, 6.07) is 26.6. The van der Waals surface area contributed by atoms with E-state index < -0.39 is 14.4 Å². The molecular weight excluding hydrogens is 657 g/mol. The minimum absolute atomic E-state index is 0.00755. The van der Waals surface area contributed by atoms with E-state index in [0.717, 1.165) is 11.1 Å². The molecule has 0 saturated heterocycles.